The van der Waals surface area contributed by atoms with Gasteiger partial charge in [-0.15, -0.1) is 0 Å². The van der Waals surface area contributed by atoms with Crippen LogP contribution in [0.1, 0.15) is 25.3 Å². The lowest BCUT2D eigenvalue weighted by atomic mass is 10.2. The van der Waals surface area contributed by atoms with Crippen molar-refractivity contribution in [3.8, 4) is 0 Å². The Morgan fingerprint density at radius 3 is 2.81 bits per heavy atom. The van der Waals surface area contributed by atoms with Crippen LogP contribution in [0.5, 0.6) is 0 Å². The number of rotatable bonds is 6. The number of halogens is 1. The highest BCUT2D eigenvalue weighted by atomic mass is 79.9. The Balaban J connectivity index is 2.33. The van der Waals surface area contributed by atoms with Crippen molar-refractivity contribution in [3.63, 3.8) is 0 Å². The fourth-order valence-electron chi connectivity index (χ4n) is 2.22. The summed E-state index contributed by atoms with van der Waals surface area (Å²) in [6.07, 6.45) is 1.12. The number of hydrogen-bond acceptors (Lipinski definition) is 4. The minimum Gasteiger partial charge on any atom is -0.396 e. The van der Waals surface area contributed by atoms with Gasteiger partial charge >= 0.3 is 0 Å². The van der Waals surface area contributed by atoms with E-state index in [9.17, 15) is 13.2 Å². The first-order valence-corrected chi connectivity index (χ1v) is 8.90. The van der Waals surface area contributed by atoms with Crippen molar-refractivity contribution in [1.82, 2.24) is 4.72 Å². The van der Waals surface area contributed by atoms with Crippen LogP contribution in [0.4, 0.5) is 5.69 Å². The Morgan fingerprint density at radius 1 is 1.48 bits per heavy atom. The fraction of sp³-hybridized carbons (Fsp3) is 0.462. The van der Waals surface area contributed by atoms with Gasteiger partial charge < -0.3 is 10.4 Å². The Kier molecular flexibility index (Phi) is 5.03. The van der Waals surface area contributed by atoms with Gasteiger partial charge in [-0.05, 0) is 46.5 Å². The number of hydrogen-bond donors (Lipinski definition) is 3. The molecule has 0 fully saturated rings. The van der Waals surface area contributed by atoms with Gasteiger partial charge in [-0.1, -0.05) is 6.92 Å². The molecule has 3 N–H and O–H groups in total. The average Bonchev–Trinajstić information content (AvgIpc) is 2.76. The van der Waals surface area contributed by atoms with Crippen LogP contribution in [0.3, 0.4) is 0 Å². The van der Waals surface area contributed by atoms with E-state index in [2.05, 4.69) is 26.0 Å². The van der Waals surface area contributed by atoms with Gasteiger partial charge in [-0.2, -0.15) is 0 Å². The van der Waals surface area contributed by atoms with Crippen molar-refractivity contribution in [3.05, 3.63) is 22.2 Å². The monoisotopic (exact) mass is 376 g/mol. The second-order valence-corrected chi connectivity index (χ2v) is 7.44. The molecule has 1 aliphatic heterocycles. The number of amides is 1. The molecule has 0 aliphatic carbocycles. The first-order chi connectivity index (χ1) is 9.87. The summed E-state index contributed by atoms with van der Waals surface area (Å²) in [6.45, 7) is 1.77. The van der Waals surface area contributed by atoms with Crippen molar-refractivity contribution >= 4 is 37.5 Å². The van der Waals surface area contributed by atoms with Crippen LogP contribution in [-0.2, 0) is 21.2 Å². The van der Waals surface area contributed by atoms with Crippen LogP contribution < -0.4 is 10.0 Å². The SMILES string of the molecule is CCC(CCO)NS(=O)(=O)c1cc2c(cc1Br)NC(=O)C2. The Bertz CT molecular complexity index is 660. The lowest BCUT2D eigenvalue weighted by Crippen LogP contribution is -2.35. The van der Waals surface area contributed by atoms with Crippen molar-refractivity contribution in [2.24, 2.45) is 0 Å². The highest BCUT2D eigenvalue weighted by Gasteiger charge is 2.26. The zero-order valence-electron chi connectivity index (χ0n) is 11.5. The fourth-order valence-corrected chi connectivity index (χ4v) is 4.66. The zero-order chi connectivity index (χ0) is 15.6. The first kappa shape index (κ1) is 16.4. The molecule has 1 atom stereocenters. The van der Waals surface area contributed by atoms with Crippen molar-refractivity contribution in [2.75, 3.05) is 11.9 Å². The maximum absolute atomic E-state index is 12.5. The van der Waals surface area contributed by atoms with E-state index >= 15 is 0 Å². The highest BCUT2D eigenvalue weighted by molar-refractivity contribution is 9.10. The molecule has 1 aromatic carbocycles. The average molecular weight is 377 g/mol. The molecule has 6 nitrogen and oxygen atoms in total. The molecule has 1 unspecified atom stereocenters. The molecule has 1 aromatic rings. The number of aliphatic hydroxyl groups excluding tert-OH is 1. The van der Waals surface area contributed by atoms with E-state index in [-0.39, 0.29) is 29.9 Å². The summed E-state index contributed by atoms with van der Waals surface area (Å²) in [4.78, 5) is 11.5. The van der Waals surface area contributed by atoms with Crippen LogP contribution in [0.15, 0.2) is 21.5 Å². The lowest BCUT2D eigenvalue weighted by Gasteiger charge is -2.17. The molecule has 8 heteroatoms. The van der Waals surface area contributed by atoms with Crippen LogP contribution in [-0.4, -0.2) is 32.1 Å². The smallest absolute Gasteiger partial charge is 0.241 e. The number of aliphatic hydroxyl groups is 1. The molecule has 0 aromatic heterocycles. The molecule has 1 amide bonds. The van der Waals surface area contributed by atoms with Crippen LogP contribution in [0.2, 0.25) is 0 Å². The Hall–Kier alpha value is -0.960. The van der Waals surface area contributed by atoms with E-state index < -0.39 is 10.0 Å². The van der Waals surface area contributed by atoms with E-state index in [1.165, 1.54) is 6.07 Å². The molecular formula is C13H17BrN2O4S. The van der Waals surface area contributed by atoms with Crippen LogP contribution in [0, 0.1) is 0 Å². The van der Waals surface area contributed by atoms with Gasteiger partial charge in [0.1, 0.15) is 0 Å². The number of anilines is 1. The largest absolute Gasteiger partial charge is 0.396 e. The third kappa shape index (κ3) is 3.63. The van der Waals surface area contributed by atoms with Crippen molar-refractivity contribution in [1.29, 1.82) is 0 Å². The van der Waals surface area contributed by atoms with E-state index in [1.54, 1.807) is 6.07 Å². The molecule has 0 radical (unpaired) electrons. The number of fused-ring (bicyclic) bond motifs is 1. The van der Waals surface area contributed by atoms with Crippen LogP contribution >= 0.6 is 15.9 Å². The standard InChI is InChI=1S/C13H17BrN2O4S/c1-2-9(3-4-17)16-21(19,20)12-5-8-6-13(18)15-11(8)7-10(12)14/h5,7,9,16-17H,2-4,6H2,1H3,(H,15,18). The summed E-state index contributed by atoms with van der Waals surface area (Å²) < 4.78 is 27.9. The lowest BCUT2D eigenvalue weighted by molar-refractivity contribution is -0.115. The number of carbonyl (C=O) groups is 1. The molecule has 2 rings (SSSR count). The molecule has 1 heterocycles. The van der Waals surface area contributed by atoms with Crippen LogP contribution in [0.25, 0.3) is 0 Å². The number of benzene rings is 1. The van der Waals surface area contributed by atoms with Gasteiger partial charge in [0.05, 0.1) is 11.3 Å². The number of sulfonamides is 1. The summed E-state index contributed by atoms with van der Waals surface area (Å²) >= 11 is 3.24. The second-order valence-electron chi connectivity index (χ2n) is 4.90. The Labute approximate surface area is 132 Å². The summed E-state index contributed by atoms with van der Waals surface area (Å²) in [5, 5.41) is 11.6. The van der Waals surface area contributed by atoms with Gasteiger partial charge in [0.15, 0.2) is 0 Å². The molecule has 0 saturated carbocycles. The molecular weight excluding hydrogens is 360 g/mol. The maximum Gasteiger partial charge on any atom is 0.241 e. The third-order valence-electron chi connectivity index (χ3n) is 3.36. The maximum atomic E-state index is 12.5. The highest BCUT2D eigenvalue weighted by Crippen LogP contribution is 2.32. The van der Waals surface area contributed by atoms with Gasteiger partial charge in [0.2, 0.25) is 15.9 Å². The minimum atomic E-state index is -3.71. The normalized spacial score (nSPS) is 15.7. The molecule has 1 aliphatic rings. The second kappa shape index (κ2) is 6.43. The predicted molar refractivity (Wildman–Crippen MR) is 82.6 cm³/mol. The zero-order valence-corrected chi connectivity index (χ0v) is 13.9. The van der Waals surface area contributed by atoms with E-state index in [0.717, 1.165) is 0 Å². The summed E-state index contributed by atoms with van der Waals surface area (Å²) in [6, 6.07) is 2.78. The van der Waals surface area contributed by atoms with Crippen molar-refractivity contribution in [2.45, 2.75) is 37.1 Å². The number of nitrogens with one attached hydrogen (secondary N) is 2. The molecule has 0 saturated heterocycles. The quantitative estimate of drug-likeness (QED) is 0.698. The van der Waals surface area contributed by atoms with Gasteiger partial charge in [-0.25, -0.2) is 13.1 Å². The molecule has 116 valence electrons. The van der Waals surface area contributed by atoms with Gasteiger partial charge in [-0.3, -0.25) is 4.79 Å². The predicted octanol–water partition coefficient (Wildman–Crippen LogP) is 1.38. The van der Waals surface area contributed by atoms with Gasteiger partial charge in [0.25, 0.3) is 0 Å². The molecule has 0 spiro atoms. The summed E-state index contributed by atoms with van der Waals surface area (Å²) in [5.74, 6) is -0.147. The van der Waals surface area contributed by atoms with E-state index in [0.29, 0.717) is 28.6 Å². The van der Waals surface area contributed by atoms with E-state index in [4.69, 9.17) is 5.11 Å². The van der Waals surface area contributed by atoms with E-state index in [1.807, 2.05) is 6.92 Å². The van der Waals surface area contributed by atoms with Crippen molar-refractivity contribution < 1.29 is 18.3 Å². The molecule has 0 bridgehead atoms. The summed E-state index contributed by atoms with van der Waals surface area (Å²) in [7, 11) is -3.71. The topological polar surface area (TPSA) is 95.5 Å². The number of carbonyl (C=O) groups excluding carboxylic acids is 1. The minimum absolute atomic E-state index is 0.0786. The molecule has 21 heavy (non-hydrogen) atoms. The Morgan fingerprint density at radius 2 is 2.19 bits per heavy atom. The van der Waals surface area contributed by atoms with Gasteiger partial charge in [0, 0.05) is 22.8 Å². The first-order valence-electron chi connectivity index (χ1n) is 6.63. The summed E-state index contributed by atoms with van der Waals surface area (Å²) in [5.41, 5.74) is 1.30. The third-order valence-corrected chi connectivity index (χ3v) is 5.84.